The maximum atomic E-state index is 13.4. The summed E-state index contributed by atoms with van der Waals surface area (Å²) in [4.78, 5) is 0. The van der Waals surface area contributed by atoms with Crippen LogP contribution in [-0.4, -0.2) is 32.1 Å². The average molecular weight is 337 g/mol. The molecule has 1 N–H and O–H groups in total. The summed E-state index contributed by atoms with van der Waals surface area (Å²) in [5.41, 5.74) is 1.16. The van der Waals surface area contributed by atoms with E-state index in [1.165, 1.54) is 0 Å². The third-order valence-electron chi connectivity index (χ3n) is 6.39. The van der Waals surface area contributed by atoms with Gasteiger partial charge in [0.2, 0.25) is 5.92 Å². The molecule has 4 nitrogen and oxygen atoms in total. The van der Waals surface area contributed by atoms with Crippen LogP contribution in [0.15, 0.2) is 18.3 Å². The van der Waals surface area contributed by atoms with Crippen molar-refractivity contribution in [3.05, 3.63) is 24.0 Å². The van der Waals surface area contributed by atoms with Crippen molar-refractivity contribution >= 4 is 0 Å². The fraction of sp³-hybridized carbons (Fsp3) is 0.778. The molecule has 0 spiro atoms. The minimum absolute atomic E-state index is 0.0272. The van der Waals surface area contributed by atoms with Crippen LogP contribution in [0.2, 0.25) is 0 Å². The van der Waals surface area contributed by atoms with Crippen molar-refractivity contribution in [2.45, 2.75) is 69.4 Å². The molecule has 0 bridgehead atoms. The van der Waals surface area contributed by atoms with Gasteiger partial charge in [0.05, 0.1) is 24.0 Å². The van der Waals surface area contributed by atoms with E-state index in [-0.39, 0.29) is 24.8 Å². The summed E-state index contributed by atoms with van der Waals surface area (Å²) in [7, 11) is 0. The molecule has 5 unspecified atom stereocenters. The lowest BCUT2D eigenvalue weighted by molar-refractivity contribution is -0.0650. The first kappa shape index (κ1) is 16.2. The zero-order valence-electron chi connectivity index (χ0n) is 14.0. The van der Waals surface area contributed by atoms with Crippen LogP contribution in [0.25, 0.3) is 0 Å². The molecule has 0 saturated heterocycles. The third kappa shape index (κ3) is 2.68. The lowest BCUT2D eigenvalue weighted by atomic mass is 9.73. The van der Waals surface area contributed by atoms with Gasteiger partial charge in [-0.05, 0) is 37.5 Å². The highest BCUT2D eigenvalue weighted by molar-refractivity contribution is 5.22. The molecule has 2 aliphatic carbocycles. The number of aliphatic hydroxyl groups is 1. The Labute approximate surface area is 140 Å². The zero-order valence-corrected chi connectivity index (χ0v) is 14.0. The summed E-state index contributed by atoms with van der Waals surface area (Å²) in [6, 6.07) is 0.0870. The topological polar surface area (TPSA) is 50.9 Å². The molecule has 24 heavy (non-hydrogen) atoms. The number of aromatic nitrogens is 3. The molecule has 0 aromatic carbocycles. The van der Waals surface area contributed by atoms with Crippen LogP contribution in [0.1, 0.15) is 63.1 Å². The van der Waals surface area contributed by atoms with E-state index in [0.29, 0.717) is 37.0 Å². The van der Waals surface area contributed by atoms with Crippen molar-refractivity contribution in [3.8, 4) is 0 Å². The standard InChI is InChI=1S/C18H25F2N3O/c1-11-3-2-4-13-14(23-15(17(11)13)10-21-22-23)9-16(24)12-5-7-18(19,20)8-6-12/h2,4,10-14,16-17,24H,3,5-9H2,1H3. The first-order chi connectivity index (χ1) is 11.5. The second kappa shape index (κ2) is 5.90. The molecule has 4 rings (SSSR count). The van der Waals surface area contributed by atoms with Crippen LogP contribution in [0.3, 0.4) is 0 Å². The fourth-order valence-corrected chi connectivity index (χ4v) is 5.01. The zero-order chi connectivity index (χ0) is 16.9. The molecular weight excluding hydrogens is 312 g/mol. The minimum Gasteiger partial charge on any atom is -0.393 e. The first-order valence-corrected chi connectivity index (χ1v) is 9.09. The third-order valence-corrected chi connectivity index (χ3v) is 6.39. The van der Waals surface area contributed by atoms with E-state index in [9.17, 15) is 13.9 Å². The number of allylic oxidation sites excluding steroid dienone is 2. The van der Waals surface area contributed by atoms with Gasteiger partial charge >= 0.3 is 0 Å². The number of hydrogen-bond donors (Lipinski definition) is 1. The van der Waals surface area contributed by atoms with Crippen molar-refractivity contribution in [1.82, 2.24) is 15.0 Å². The van der Waals surface area contributed by atoms with Gasteiger partial charge in [-0.25, -0.2) is 13.5 Å². The monoisotopic (exact) mass is 337 g/mol. The molecule has 6 heteroatoms. The number of rotatable bonds is 3. The largest absolute Gasteiger partial charge is 0.393 e. The molecular formula is C18H25F2N3O. The average Bonchev–Trinajstić information content (AvgIpc) is 3.10. The highest BCUT2D eigenvalue weighted by atomic mass is 19.3. The Morgan fingerprint density at radius 3 is 2.88 bits per heavy atom. The Hall–Kier alpha value is -1.30. The van der Waals surface area contributed by atoms with Crippen LogP contribution in [-0.2, 0) is 0 Å². The first-order valence-electron chi connectivity index (χ1n) is 9.09. The van der Waals surface area contributed by atoms with Gasteiger partial charge in [-0.3, -0.25) is 0 Å². The van der Waals surface area contributed by atoms with Gasteiger partial charge in [-0.2, -0.15) is 0 Å². The Bertz CT molecular complexity index is 620. The summed E-state index contributed by atoms with van der Waals surface area (Å²) in [6.45, 7) is 2.25. The molecule has 1 fully saturated rings. The maximum Gasteiger partial charge on any atom is 0.248 e. The second-order valence-corrected chi connectivity index (χ2v) is 7.91. The molecule has 1 aromatic heterocycles. The summed E-state index contributed by atoms with van der Waals surface area (Å²) < 4.78 is 28.7. The molecule has 0 amide bonds. The quantitative estimate of drug-likeness (QED) is 0.856. The second-order valence-electron chi connectivity index (χ2n) is 7.91. The number of hydrogen-bond acceptors (Lipinski definition) is 3. The van der Waals surface area contributed by atoms with Crippen LogP contribution in [0, 0.1) is 17.8 Å². The van der Waals surface area contributed by atoms with Crippen molar-refractivity contribution in [2.75, 3.05) is 0 Å². The van der Waals surface area contributed by atoms with Crippen LogP contribution < -0.4 is 0 Å². The van der Waals surface area contributed by atoms with E-state index in [1.807, 2.05) is 10.9 Å². The van der Waals surface area contributed by atoms with E-state index in [1.54, 1.807) is 0 Å². The van der Waals surface area contributed by atoms with E-state index in [4.69, 9.17) is 0 Å². The van der Waals surface area contributed by atoms with Gasteiger partial charge in [0.25, 0.3) is 0 Å². The van der Waals surface area contributed by atoms with Gasteiger partial charge in [-0.1, -0.05) is 24.3 Å². The van der Waals surface area contributed by atoms with Crippen molar-refractivity contribution in [2.24, 2.45) is 17.8 Å². The van der Waals surface area contributed by atoms with E-state index < -0.39 is 12.0 Å². The van der Waals surface area contributed by atoms with Crippen molar-refractivity contribution in [1.29, 1.82) is 0 Å². The summed E-state index contributed by atoms with van der Waals surface area (Å²) in [6.07, 6.45) is 8.03. The van der Waals surface area contributed by atoms with E-state index in [0.717, 1.165) is 12.1 Å². The lowest BCUT2D eigenvalue weighted by Crippen LogP contribution is -2.33. The number of alkyl halides is 2. The smallest absolute Gasteiger partial charge is 0.248 e. The normalized spacial score (nSPS) is 36.3. The Morgan fingerprint density at radius 1 is 1.38 bits per heavy atom. The molecule has 2 heterocycles. The molecule has 132 valence electrons. The van der Waals surface area contributed by atoms with Crippen molar-refractivity contribution < 1.29 is 13.9 Å². The summed E-state index contributed by atoms with van der Waals surface area (Å²) >= 11 is 0. The van der Waals surface area contributed by atoms with Gasteiger partial charge in [0, 0.05) is 24.7 Å². The fourth-order valence-electron chi connectivity index (χ4n) is 5.01. The van der Waals surface area contributed by atoms with Crippen LogP contribution in [0.5, 0.6) is 0 Å². The highest BCUT2D eigenvalue weighted by Gasteiger charge is 2.46. The highest BCUT2D eigenvalue weighted by Crippen LogP contribution is 2.51. The van der Waals surface area contributed by atoms with Gasteiger partial charge < -0.3 is 5.11 Å². The number of aliphatic hydroxyl groups excluding tert-OH is 1. The maximum absolute atomic E-state index is 13.4. The number of halogens is 2. The number of nitrogens with zero attached hydrogens (tertiary/aromatic N) is 3. The molecule has 1 aliphatic heterocycles. The molecule has 5 atom stereocenters. The van der Waals surface area contributed by atoms with E-state index >= 15 is 0 Å². The minimum atomic E-state index is -2.55. The van der Waals surface area contributed by atoms with Gasteiger partial charge in [0.1, 0.15) is 0 Å². The molecule has 3 aliphatic rings. The lowest BCUT2D eigenvalue weighted by Gasteiger charge is -2.34. The number of fused-ring (bicyclic) bond motifs is 3. The van der Waals surface area contributed by atoms with E-state index in [2.05, 4.69) is 29.4 Å². The van der Waals surface area contributed by atoms with Crippen molar-refractivity contribution in [3.63, 3.8) is 0 Å². The Morgan fingerprint density at radius 2 is 2.12 bits per heavy atom. The van der Waals surface area contributed by atoms with Crippen LogP contribution in [0.4, 0.5) is 8.78 Å². The Balaban J connectivity index is 1.50. The molecule has 1 saturated carbocycles. The molecule has 0 radical (unpaired) electrons. The molecule has 1 aromatic rings. The van der Waals surface area contributed by atoms with Gasteiger partial charge in [-0.15, -0.1) is 5.10 Å². The van der Waals surface area contributed by atoms with Gasteiger partial charge in [0.15, 0.2) is 0 Å². The summed E-state index contributed by atoms with van der Waals surface area (Å²) in [5.74, 6) is -1.31. The SMILES string of the molecule is CC1CC=CC2C1c1cnnn1C2CC(O)C1CCC(F)(F)CC1. The van der Waals surface area contributed by atoms with Crippen LogP contribution >= 0.6 is 0 Å². The Kier molecular flexibility index (Phi) is 3.98. The predicted molar refractivity (Wildman–Crippen MR) is 85.7 cm³/mol. The summed E-state index contributed by atoms with van der Waals surface area (Å²) in [5, 5.41) is 19.0. The predicted octanol–water partition coefficient (Wildman–Crippen LogP) is 3.71.